The van der Waals surface area contributed by atoms with E-state index in [-0.39, 0.29) is 5.91 Å². The third-order valence-electron chi connectivity index (χ3n) is 5.26. The lowest BCUT2D eigenvalue weighted by Gasteiger charge is -2.21. The van der Waals surface area contributed by atoms with Crippen LogP contribution in [-0.4, -0.2) is 46.9 Å². The van der Waals surface area contributed by atoms with Gasteiger partial charge in [-0.3, -0.25) is 9.69 Å². The summed E-state index contributed by atoms with van der Waals surface area (Å²) in [7, 11) is 0. The van der Waals surface area contributed by atoms with Crippen molar-refractivity contribution in [2.75, 3.05) is 26.2 Å². The predicted molar refractivity (Wildman–Crippen MR) is 120 cm³/mol. The lowest BCUT2D eigenvalue weighted by molar-refractivity contribution is 0.0761. The lowest BCUT2D eigenvalue weighted by atomic mass is 10.2. The van der Waals surface area contributed by atoms with Crippen LogP contribution in [0.1, 0.15) is 33.0 Å². The fraction of sp³-hybridized carbons (Fsp3) is 0.333. The van der Waals surface area contributed by atoms with E-state index in [1.807, 2.05) is 59.5 Å². The Bertz CT molecular complexity index is 956. The number of rotatable bonds is 6. The number of ether oxygens (including phenoxy) is 1. The van der Waals surface area contributed by atoms with Crippen molar-refractivity contribution in [3.8, 4) is 5.75 Å². The number of thiazole rings is 1. The molecule has 2 heterocycles. The number of nitrogens with zero attached hydrogens (tertiary/aromatic N) is 3. The number of benzene rings is 2. The highest BCUT2D eigenvalue weighted by molar-refractivity contribution is 7.09. The highest BCUT2D eigenvalue weighted by atomic mass is 32.1. The molecule has 0 atom stereocenters. The first-order valence-corrected chi connectivity index (χ1v) is 11.2. The molecule has 6 heteroatoms. The third-order valence-corrected chi connectivity index (χ3v) is 6.14. The summed E-state index contributed by atoms with van der Waals surface area (Å²) in [5.74, 6) is 0.995. The van der Waals surface area contributed by atoms with Crippen molar-refractivity contribution in [1.29, 1.82) is 0 Å². The predicted octanol–water partition coefficient (Wildman–Crippen LogP) is 4.38. The Morgan fingerprint density at radius 3 is 2.63 bits per heavy atom. The van der Waals surface area contributed by atoms with Gasteiger partial charge in [-0.05, 0) is 37.6 Å². The van der Waals surface area contributed by atoms with E-state index in [0.717, 1.165) is 61.2 Å². The van der Waals surface area contributed by atoms with Gasteiger partial charge in [0, 0.05) is 43.7 Å². The maximum Gasteiger partial charge on any atom is 0.253 e. The molecular weight excluding hydrogens is 394 g/mol. The van der Waals surface area contributed by atoms with E-state index >= 15 is 0 Å². The highest BCUT2D eigenvalue weighted by Gasteiger charge is 2.20. The zero-order chi connectivity index (χ0) is 20.8. The molecule has 2 aromatic carbocycles. The van der Waals surface area contributed by atoms with Gasteiger partial charge in [0.15, 0.2) is 0 Å². The number of hydrogen-bond donors (Lipinski definition) is 0. The molecule has 0 aliphatic carbocycles. The van der Waals surface area contributed by atoms with Crippen molar-refractivity contribution in [2.45, 2.75) is 26.5 Å². The molecule has 1 amide bonds. The smallest absolute Gasteiger partial charge is 0.253 e. The van der Waals surface area contributed by atoms with E-state index in [2.05, 4.69) is 17.2 Å². The van der Waals surface area contributed by atoms with E-state index in [4.69, 9.17) is 9.72 Å². The molecule has 0 spiro atoms. The van der Waals surface area contributed by atoms with Gasteiger partial charge in [0.25, 0.3) is 5.91 Å². The normalized spacial score (nSPS) is 15.0. The van der Waals surface area contributed by atoms with Crippen LogP contribution in [-0.2, 0) is 13.2 Å². The lowest BCUT2D eigenvalue weighted by Crippen LogP contribution is -2.35. The van der Waals surface area contributed by atoms with Crippen LogP contribution in [0.4, 0.5) is 0 Å². The summed E-state index contributed by atoms with van der Waals surface area (Å²) in [5, 5.41) is 3.10. The average molecular weight is 422 g/mol. The second kappa shape index (κ2) is 9.87. The van der Waals surface area contributed by atoms with Gasteiger partial charge in [-0.25, -0.2) is 4.98 Å². The fourth-order valence-corrected chi connectivity index (χ4v) is 4.29. The molecule has 5 nitrogen and oxygen atoms in total. The quantitative estimate of drug-likeness (QED) is 0.593. The Morgan fingerprint density at radius 1 is 1.03 bits per heavy atom. The Kier molecular flexibility index (Phi) is 6.77. The molecule has 1 aromatic heterocycles. The van der Waals surface area contributed by atoms with Crippen LogP contribution in [0.2, 0.25) is 0 Å². The van der Waals surface area contributed by atoms with E-state index in [0.29, 0.717) is 6.61 Å². The number of aromatic nitrogens is 1. The SMILES string of the molecule is Cc1ccc(OCc2nc(CN3CCCN(C(=O)c4ccccc4)CC3)cs2)cc1. The molecule has 0 unspecified atom stereocenters. The van der Waals surface area contributed by atoms with Crippen molar-refractivity contribution in [2.24, 2.45) is 0 Å². The molecule has 30 heavy (non-hydrogen) atoms. The minimum Gasteiger partial charge on any atom is -0.486 e. The largest absolute Gasteiger partial charge is 0.486 e. The standard InChI is InChI=1S/C24H27N3O2S/c1-19-8-10-22(11-9-19)29-17-23-25-21(18-30-23)16-26-12-5-13-27(15-14-26)24(28)20-6-3-2-4-7-20/h2-4,6-11,18H,5,12-17H2,1H3. The van der Waals surface area contributed by atoms with Gasteiger partial charge in [-0.2, -0.15) is 0 Å². The summed E-state index contributed by atoms with van der Waals surface area (Å²) >= 11 is 1.64. The van der Waals surface area contributed by atoms with Crippen LogP contribution in [0.3, 0.4) is 0 Å². The summed E-state index contributed by atoms with van der Waals surface area (Å²) in [5.41, 5.74) is 3.06. The van der Waals surface area contributed by atoms with E-state index in [1.165, 1.54) is 5.56 Å². The summed E-state index contributed by atoms with van der Waals surface area (Å²) < 4.78 is 5.84. The molecule has 4 rings (SSSR count). The van der Waals surface area contributed by atoms with Crippen LogP contribution >= 0.6 is 11.3 Å². The molecule has 0 saturated carbocycles. The van der Waals surface area contributed by atoms with Gasteiger partial charge < -0.3 is 9.64 Å². The maximum atomic E-state index is 12.7. The first-order chi connectivity index (χ1) is 14.7. The third kappa shape index (κ3) is 5.46. The Morgan fingerprint density at radius 2 is 1.83 bits per heavy atom. The fourth-order valence-electron chi connectivity index (χ4n) is 3.59. The number of hydrogen-bond acceptors (Lipinski definition) is 5. The van der Waals surface area contributed by atoms with E-state index in [9.17, 15) is 4.79 Å². The summed E-state index contributed by atoms with van der Waals surface area (Å²) in [6.07, 6.45) is 0.978. The summed E-state index contributed by atoms with van der Waals surface area (Å²) in [4.78, 5) is 21.8. The molecule has 3 aromatic rings. The maximum absolute atomic E-state index is 12.7. The van der Waals surface area contributed by atoms with Crippen LogP contribution in [0.5, 0.6) is 5.75 Å². The van der Waals surface area contributed by atoms with Crippen LogP contribution in [0, 0.1) is 6.92 Å². The van der Waals surface area contributed by atoms with Crippen molar-refractivity contribution in [1.82, 2.24) is 14.8 Å². The average Bonchev–Trinajstić information content (AvgIpc) is 3.09. The van der Waals surface area contributed by atoms with Crippen LogP contribution in [0.25, 0.3) is 0 Å². The first kappa shape index (κ1) is 20.6. The molecule has 1 aliphatic heterocycles. The molecule has 0 bridgehead atoms. The zero-order valence-corrected chi connectivity index (χ0v) is 18.1. The second-order valence-corrected chi connectivity index (χ2v) is 8.56. The molecule has 1 aliphatic rings. The number of aryl methyl sites for hydroxylation is 1. The van der Waals surface area contributed by atoms with Crippen molar-refractivity contribution in [3.05, 3.63) is 81.8 Å². The summed E-state index contributed by atoms with van der Waals surface area (Å²) in [6.45, 7) is 6.77. The molecule has 1 fully saturated rings. The minimum atomic E-state index is 0.127. The number of amides is 1. The molecule has 1 saturated heterocycles. The molecule has 0 N–H and O–H groups in total. The Balaban J connectivity index is 1.28. The minimum absolute atomic E-state index is 0.127. The number of carbonyl (C=O) groups is 1. The Labute approximate surface area is 181 Å². The molecule has 0 radical (unpaired) electrons. The van der Waals surface area contributed by atoms with Gasteiger partial charge in [-0.15, -0.1) is 11.3 Å². The van der Waals surface area contributed by atoms with Gasteiger partial charge in [0.1, 0.15) is 17.4 Å². The van der Waals surface area contributed by atoms with Crippen molar-refractivity contribution >= 4 is 17.2 Å². The first-order valence-electron chi connectivity index (χ1n) is 10.4. The number of carbonyl (C=O) groups excluding carboxylic acids is 1. The van der Waals surface area contributed by atoms with Gasteiger partial charge in [0.2, 0.25) is 0 Å². The van der Waals surface area contributed by atoms with Crippen molar-refractivity contribution < 1.29 is 9.53 Å². The highest BCUT2D eigenvalue weighted by Crippen LogP contribution is 2.18. The van der Waals surface area contributed by atoms with Crippen LogP contribution in [0.15, 0.2) is 60.0 Å². The zero-order valence-electron chi connectivity index (χ0n) is 17.3. The second-order valence-electron chi connectivity index (χ2n) is 7.62. The van der Waals surface area contributed by atoms with Gasteiger partial charge >= 0.3 is 0 Å². The monoisotopic (exact) mass is 421 g/mol. The van der Waals surface area contributed by atoms with Gasteiger partial charge in [0.05, 0.1) is 5.69 Å². The summed E-state index contributed by atoms with van der Waals surface area (Å²) in [6, 6.07) is 17.6. The molecular formula is C24H27N3O2S. The van der Waals surface area contributed by atoms with Crippen molar-refractivity contribution in [3.63, 3.8) is 0 Å². The van der Waals surface area contributed by atoms with E-state index < -0.39 is 0 Å². The Hall–Kier alpha value is -2.70. The molecule has 156 valence electrons. The van der Waals surface area contributed by atoms with Gasteiger partial charge in [-0.1, -0.05) is 35.9 Å². The van der Waals surface area contributed by atoms with Crippen LogP contribution < -0.4 is 4.74 Å². The van der Waals surface area contributed by atoms with E-state index in [1.54, 1.807) is 11.3 Å². The topological polar surface area (TPSA) is 45.7 Å².